The molecule has 0 amide bonds. The fourth-order valence-electron chi connectivity index (χ4n) is 3.86. The van der Waals surface area contributed by atoms with Crippen LogP contribution in [0, 0.1) is 5.82 Å². The van der Waals surface area contributed by atoms with E-state index in [-0.39, 0.29) is 35.7 Å². The zero-order valence-electron chi connectivity index (χ0n) is 16.9. The first-order chi connectivity index (χ1) is 15.2. The fourth-order valence-corrected chi connectivity index (χ4v) is 6.72. The molecule has 0 radical (unpaired) electrons. The van der Waals surface area contributed by atoms with Gasteiger partial charge in [-0.15, -0.1) is 0 Å². The number of rotatable bonds is 5. The lowest BCUT2D eigenvalue weighted by atomic mass is 9.97. The van der Waals surface area contributed by atoms with Gasteiger partial charge in [0.15, 0.2) is 11.3 Å². The monoisotopic (exact) mass is 528 g/mol. The van der Waals surface area contributed by atoms with Gasteiger partial charge in [-0.1, -0.05) is 30.3 Å². The van der Waals surface area contributed by atoms with Gasteiger partial charge in [-0.2, -0.15) is 0 Å². The highest BCUT2D eigenvalue weighted by atomic mass is 79.9. The van der Waals surface area contributed by atoms with Gasteiger partial charge >= 0.3 is 0 Å². The Kier molecular flexibility index (Phi) is 6.39. The van der Waals surface area contributed by atoms with E-state index < -0.39 is 39.1 Å². The van der Waals surface area contributed by atoms with Crippen LogP contribution in [0.1, 0.15) is 35.3 Å². The number of fused-ring (bicyclic) bond motifs is 1. The van der Waals surface area contributed by atoms with Crippen LogP contribution in [0.5, 0.6) is 0 Å². The molecular formula is C21H20BrF3N4O2S. The Morgan fingerprint density at radius 1 is 1.19 bits per heavy atom. The van der Waals surface area contributed by atoms with Crippen LogP contribution in [0.3, 0.4) is 0 Å². The molecule has 0 fully saturated rings. The van der Waals surface area contributed by atoms with Crippen molar-refractivity contribution in [3.05, 3.63) is 64.1 Å². The summed E-state index contributed by atoms with van der Waals surface area (Å²) in [6.45, 7) is 0.486. The molecule has 0 bridgehead atoms. The predicted molar refractivity (Wildman–Crippen MR) is 119 cm³/mol. The molecule has 2 atom stereocenters. The molecule has 1 unspecified atom stereocenters. The number of carbonyl (C=O) groups excluding carboxylic acids is 1. The van der Waals surface area contributed by atoms with Crippen LogP contribution in [0.2, 0.25) is 0 Å². The van der Waals surface area contributed by atoms with Gasteiger partial charge in [-0.3, -0.25) is 14.1 Å². The molecule has 0 saturated heterocycles. The number of nitrogens with zero attached hydrogens (tertiary/aromatic N) is 4. The maximum atomic E-state index is 14.8. The molecule has 6 nitrogen and oxygen atoms in total. The lowest BCUT2D eigenvalue weighted by Gasteiger charge is -2.40. The molecule has 4 rings (SSSR count). The van der Waals surface area contributed by atoms with Crippen LogP contribution < -0.4 is 0 Å². The van der Waals surface area contributed by atoms with Gasteiger partial charge in [0, 0.05) is 12.1 Å². The van der Waals surface area contributed by atoms with Gasteiger partial charge in [-0.25, -0.2) is 26.7 Å². The Labute approximate surface area is 192 Å². The molecule has 0 saturated carbocycles. The van der Waals surface area contributed by atoms with Crippen molar-refractivity contribution in [2.24, 2.45) is 9.36 Å². The number of aliphatic imine (C=N–C) groups is 1. The summed E-state index contributed by atoms with van der Waals surface area (Å²) in [5.74, 6) is -2.15. The Balaban J connectivity index is 1.91. The Bertz CT molecular complexity index is 1180. The average molecular weight is 529 g/mol. The molecule has 0 spiro atoms. The third kappa shape index (κ3) is 4.19. The normalized spacial score (nSPS) is 25.5. The summed E-state index contributed by atoms with van der Waals surface area (Å²) >= 11 is 3.09. The smallest absolute Gasteiger partial charge is 0.270 e. The largest absolute Gasteiger partial charge is 0.294 e. The van der Waals surface area contributed by atoms with E-state index in [0.29, 0.717) is 18.4 Å². The summed E-state index contributed by atoms with van der Waals surface area (Å²) in [7, 11) is -3.40. The van der Waals surface area contributed by atoms with Crippen LogP contribution in [0.15, 0.2) is 56.4 Å². The molecule has 2 aromatic rings. The first-order valence-corrected chi connectivity index (χ1v) is 12.4. The number of hydrogen-bond donors (Lipinski definition) is 0. The van der Waals surface area contributed by atoms with Crippen molar-refractivity contribution in [3.63, 3.8) is 0 Å². The summed E-state index contributed by atoms with van der Waals surface area (Å²) in [6, 6.07) is 10.6. The topological polar surface area (TPSA) is 75.0 Å². The molecule has 2 aliphatic rings. The van der Waals surface area contributed by atoms with Gasteiger partial charge in [0.25, 0.3) is 6.43 Å². The van der Waals surface area contributed by atoms with E-state index in [1.165, 1.54) is 10.4 Å². The van der Waals surface area contributed by atoms with Crippen molar-refractivity contribution in [3.8, 4) is 0 Å². The molecule has 170 valence electrons. The number of pyridine rings is 1. The second-order valence-electron chi connectivity index (χ2n) is 7.60. The van der Waals surface area contributed by atoms with Gasteiger partial charge in [0.2, 0.25) is 0 Å². The molecule has 1 aromatic heterocycles. The number of ketones is 1. The minimum Gasteiger partial charge on any atom is -0.294 e. The fraction of sp³-hybridized carbons (Fsp3) is 0.381. The summed E-state index contributed by atoms with van der Waals surface area (Å²) < 4.78 is 63.7. The van der Waals surface area contributed by atoms with Crippen LogP contribution in [0.25, 0.3) is 0 Å². The zero-order chi connectivity index (χ0) is 22.9. The number of Topliss-reactive ketones (excluding diaryl/α,β-unsaturated/α-hetero) is 1. The summed E-state index contributed by atoms with van der Waals surface area (Å²) in [5.41, 5.74) is -2.77. The first-order valence-electron chi connectivity index (χ1n) is 10.0. The van der Waals surface area contributed by atoms with E-state index in [4.69, 9.17) is 0 Å². The highest BCUT2D eigenvalue weighted by Gasteiger charge is 2.53. The molecule has 1 aromatic carbocycles. The van der Waals surface area contributed by atoms with E-state index in [0.717, 1.165) is 6.07 Å². The first kappa shape index (κ1) is 22.9. The lowest BCUT2D eigenvalue weighted by molar-refractivity contribution is 0.0588. The molecule has 0 N–H and O–H groups in total. The SMILES string of the molecule is O=C(CC1=N[C@@](c2nc(Br)ccc2F)(C(F)F)CS2(=O)=NCCCCN12)c1ccccc1. The summed E-state index contributed by atoms with van der Waals surface area (Å²) in [6.07, 6.45) is -2.34. The van der Waals surface area contributed by atoms with Crippen molar-refractivity contribution >= 4 is 37.5 Å². The average Bonchev–Trinajstić information content (AvgIpc) is 2.97. The van der Waals surface area contributed by atoms with E-state index in [1.54, 1.807) is 30.3 Å². The van der Waals surface area contributed by atoms with E-state index in [2.05, 4.69) is 30.3 Å². The van der Waals surface area contributed by atoms with Gasteiger partial charge < -0.3 is 0 Å². The Morgan fingerprint density at radius 3 is 2.66 bits per heavy atom. The van der Waals surface area contributed by atoms with Crippen molar-refractivity contribution in [2.75, 3.05) is 18.8 Å². The van der Waals surface area contributed by atoms with Crippen molar-refractivity contribution in [1.82, 2.24) is 9.29 Å². The summed E-state index contributed by atoms with van der Waals surface area (Å²) in [4.78, 5) is 21.1. The van der Waals surface area contributed by atoms with Gasteiger partial charge in [0.1, 0.15) is 31.9 Å². The maximum Gasteiger partial charge on any atom is 0.270 e. The number of alkyl halides is 2. The standard InChI is InChI=1S/C21H20BrF3N4O2S/c22-17-9-8-15(23)19(27-17)21(20(24)25)13-32(31)26-10-4-5-11-29(32)18(28-21)12-16(30)14-6-2-1-3-7-14/h1-3,6-9,20H,4-5,10-13H2/t21-,32?/m0/s1. The second kappa shape index (κ2) is 8.93. The van der Waals surface area contributed by atoms with Crippen molar-refractivity contribution in [2.45, 2.75) is 31.2 Å². The molecule has 2 aliphatic heterocycles. The summed E-state index contributed by atoms with van der Waals surface area (Å²) in [5, 5.41) is 0. The number of halogens is 4. The van der Waals surface area contributed by atoms with Crippen LogP contribution in [0.4, 0.5) is 13.2 Å². The van der Waals surface area contributed by atoms with Crippen molar-refractivity contribution in [1.29, 1.82) is 0 Å². The molecule has 3 heterocycles. The number of amidine groups is 1. The van der Waals surface area contributed by atoms with Gasteiger partial charge in [-0.05, 0) is 40.9 Å². The second-order valence-corrected chi connectivity index (χ2v) is 10.6. The maximum absolute atomic E-state index is 14.8. The predicted octanol–water partition coefficient (Wildman–Crippen LogP) is 4.61. The highest BCUT2D eigenvalue weighted by Crippen LogP contribution is 2.41. The van der Waals surface area contributed by atoms with Gasteiger partial charge in [0.05, 0.1) is 18.7 Å². The Hall–Kier alpha value is -2.27. The highest BCUT2D eigenvalue weighted by molar-refractivity contribution is 9.10. The van der Waals surface area contributed by atoms with Crippen molar-refractivity contribution < 1.29 is 22.2 Å². The quantitative estimate of drug-likeness (QED) is 0.420. The van der Waals surface area contributed by atoms with Crippen LogP contribution in [-0.4, -0.2) is 50.4 Å². The molecule has 11 heteroatoms. The number of carbonyl (C=O) groups is 1. The van der Waals surface area contributed by atoms with Crippen LogP contribution in [-0.2, 0) is 15.5 Å². The minimum absolute atomic E-state index is 0.0813. The van der Waals surface area contributed by atoms with Crippen LogP contribution >= 0.6 is 15.9 Å². The molecule has 0 aliphatic carbocycles. The van der Waals surface area contributed by atoms with E-state index >= 15 is 0 Å². The number of aromatic nitrogens is 1. The molecular weight excluding hydrogens is 509 g/mol. The zero-order valence-corrected chi connectivity index (χ0v) is 19.3. The molecule has 32 heavy (non-hydrogen) atoms. The van der Waals surface area contributed by atoms with E-state index in [1.807, 2.05) is 0 Å². The minimum atomic E-state index is -3.40. The third-order valence-corrected chi connectivity index (χ3v) is 8.35. The number of benzene rings is 1. The van der Waals surface area contributed by atoms with E-state index in [9.17, 15) is 22.2 Å². The lowest BCUT2D eigenvalue weighted by Crippen LogP contribution is -2.53. The third-order valence-electron chi connectivity index (χ3n) is 5.43. The Morgan fingerprint density at radius 2 is 1.94 bits per heavy atom. The number of hydrogen-bond acceptors (Lipinski definition) is 5.